The van der Waals surface area contributed by atoms with E-state index in [-0.39, 0.29) is 17.3 Å². The summed E-state index contributed by atoms with van der Waals surface area (Å²) in [6.07, 6.45) is 9.05. The second-order valence-corrected chi connectivity index (χ2v) is 6.51. The molecule has 0 saturated carbocycles. The first-order valence-electron chi connectivity index (χ1n) is 7.15. The Kier molecular flexibility index (Phi) is 5.18. The van der Waals surface area contributed by atoms with Crippen molar-refractivity contribution in [2.45, 2.75) is 45.7 Å². The van der Waals surface area contributed by atoms with Crippen LogP contribution in [0.4, 0.5) is 0 Å². The van der Waals surface area contributed by atoms with Crippen molar-refractivity contribution in [2.75, 3.05) is 6.54 Å². The van der Waals surface area contributed by atoms with Gasteiger partial charge in [0.2, 0.25) is 0 Å². The standard InChI is InChI=1S/C15H30N4/c1-4-6-13(17)15(18,19)12-9-14(2,3)8-5-7-11(12)10-16/h5-7,11-12H,4,8-10,16-19H2,1-3H3. The van der Waals surface area contributed by atoms with Crippen LogP contribution in [0.15, 0.2) is 23.9 Å². The minimum atomic E-state index is -0.994. The summed E-state index contributed by atoms with van der Waals surface area (Å²) in [5.74, 6) is 0.245. The molecular weight excluding hydrogens is 236 g/mol. The maximum atomic E-state index is 6.37. The minimum Gasteiger partial charge on any atom is -0.400 e. The second-order valence-electron chi connectivity index (χ2n) is 6.51. The van der Waals surface area contributed by atoms with Crippen LogP contribution in [0.25, 0.3) is 0 Å². The first kappa shape index (κ1) is 16.2. The minimum absolute atomic E-state index is 0.0639. The molecule has 2 atom stereocenters. The summed E-state index contributed by atoms with van der Waals surface area (Å²) in [6.45, 7) is 7.05. The lowest BCUT2D eigenvalue weighted by Gasteiger charge is -2.41. The Labute approximate surface area is 117 Å². The third kappa shape index (κ3) is 3.81. The average molecular weight is 266 g/mol. The topological polar surface area (TPSA) is 104 Å². The summed E-state index contributed by atoms with van der Waals surface area (Å²) in [5, 5.41) is 0. The Morgan fingerprint density at radius 3 is 2.58 bits per heavy atom. The highest BCUT2D eigenvalue weighted by Crippen LogP contribution is 2.40. The Morgan fingerprint density at radius 2 is 2.05 bits per heavy atom. The van der Waals surface area contributed by atoms with Crippen LogP contribution >= 0.6 is 0 Å². The summed E-state index contributed by atoms with van der Waals surface area (Å²) in [6, 6.07) is 0. The van der Waals surface area contributed by atoms with E-state index >= 15 is 0 Å². The van der Waals surface area contributed by atoms with Gasteiger partial charge in [0.05, 0.1) is 0 Å². The first-order chi connectivity index (χ1) is 8.74. The van der Waals surface area contributed by atoms with Gasteiger partial charge in [-0.25, -0.2) is 0 Å². The molecule has 0 amide bonds. The lowest BCUT2D eigenvalue weighted by atomic mass is 9.71. The van der Waals surface area contributed by atoms with Gasteiger partial charge in [-0.15, -0.1) is 0 Å². The normalized spacial score (nSPS) is 28.2. The summed E-state index contributed by atoms with van der Waals surface area (Å²) >= 11 is 0. The molecule has 0 spiro atoms. The molecule has 110 valence electrons. The van der Waals surface area contributed by atoms with E-state index in [1.807, 2.05) is 13.0 Å². The summed E-state index contributed by atoms with van der Waals surface area (Å²) < 4.78 is 0. The molecule has 1 aliphatic rings. The first-order valence-corrected chi connectivity index (χ1v) is 7.15. The lowest BCUT2D eigenvalue weighted by molar-refractivity contribution is 0.172. The molecule has 0 aromatic rings. The second kappa shape index (κ2) is 6.07. The third-order valence-electron chi connectivity index (χ3n) is 4.15. The van der Waals surface area contributed by atoms with E-state index in [4.69, 9.17) is 22.9 Å². The fourth-order valence-electron chi connectivity index (χ4n) is 2.90. The molecule has 1 aliphatic carbocycles. The maximum Gasteiger partial charge on any atom is 0.108 e. The van der Waals surface area contributed by atoms with Crippen molar-refractivity contribution in [3.8, 4) is 0 Å². The zero-order valence-corrected chi connectivity index (χ0v) is 12.5. The monoisotopic (exact) mass is 266 g/mol. The smallest absolute Gasteiger partial charge is 0.108 e. The summed E-state index contributed by atoms with van der Waals surface area (Å²) in [5.41, 5.74) is 24.5. The molecule has 0 aromatic heterocycles. The number of allylic oxidation sites excluding steroid dienone is 2. The maximum absolute atomic E-state index is 6.37. The third-order valence-corrected chi connectivity index (χ3v) is 4.15. The molecule has 2 unspecified atom stereocenters. The van der Waals surface area contributed by atoms with E-state index in [1.165, 1.54) is 0 Å². The highest BCUT2D eigenvalue weighted by Gasteiger charge is 2.41. The number of rotatable bonds is 4. The lowest BCUT2D eigenvalue weighted by Crippen LogP contribution is -2.62. The van der Waals surface area contributed by atoms with Crippen LogP contribution in [-0.2, 0) is 0 Å². The zero-order valence-electron chi connectivity index (χ0n) is 12.5. The van der Waals surface area contributed by atoms with Gasteiger partial charge in [0.15, 0.2) is 0 Å². The van der Waals surface area contributed by atoms with E-state index in [2.05, 4.69) is 26.0 Å². The molecule has 1 rings (SSSR count). The van der Waals surface area contributed by atoms with Crippen molar-refractivity contribution < 1.29 is 0 Å². The molecule has 0 bridgehead atoms. The Hall–Kier alpha value is -0.840. The highest BCUT2D eigenvalue weighted by atomic mass is 15.0. The molecule has 0 aliphatic heterocycles. The van der Waals surface area contributed by atoms with E-state index in [0.29, 0.717) is 12.2 Å². The molecular formula is C15H30N4. The van der Waals surface area contributed by atoms with Crippen molar-refractivity contribution in [3.05, 3.63) is 23.9 Å². The Balaban J connectivity index is 3.10. The van der Waals surface area contributed by atoms with Crippen LogP contribution < -0.4 is 22.9 Å². The molecule has 0 saturated heterocycles. The van der Waals surface area contributed by atoms with Crippen molar-refractivity contribution in [2.24, 2.45) is 40.2 Å². The SMILES string of the molecule is CCC=C(N)C(N)(N)C1CC(C)(C)CC=CC1CN. The van der Waals surface area contributed by atoms with Gasteiger partial charge in [-0.2, -0.15) is 0 Å². The number of nitrogens with two attached hydrogens (primary N) is 4. The van der Waals surface area contributed by atoms with E-state index in [0.717, 1.165) is 19.3 Å². The molecule has 4 nitrogen and oxygen atoms in total. The molecule has 0 fully saturated rings. The molecule has 0 aromatic carbocycles. The van der Waals surface area contributed by atoms with Gasteiger partial charge < -0.3 is 22.9 Å². The Morgan fingerprint density at radius 1 is 1.42 bits per heavy atom. The van der Waals surface area contributed by atoms with E-state index < -0.39 is 5.66 Å². The van der Waals surface area contributed by atoms with Gasteiger partial charge in [0.25, 0.3) is 0 Å². The molecule has 0 heterocycles. The molecule has 8 N–H and O–H groups in total. The van der Waals surface area contributed by atoms with Gasteiger partial charge in [-0.3, -0.25) is 0 Å². The van der Waals surface area contributed by atoms with E-state index in [1.54, 1.807) is 0 Å². The van der Waals surface area contributed by atoms with Gasteiger partial charge >= 0.3 is 0 Å². The van der Waals surface area contributed by atoms with Crippen LogP contribution in [0, 0.1) is 17.3 Å². The van der Waals surface area contributed by atoms with Crippen LogP contribution in [0.2, 0.25) is 0 Å². The summed E-state index contributed by atoms with van der Waals surface area (Å²) in [7, 11) is 0. The van der Waals surface area contributed by atoms with Crippen molar-refractivity contribution >= 4 is 0 Å². The van der Waals surface area contributed by atoms with Crippen molar-refractivity contribution in [1.82, 2.24) is 0 Å². The predicted molar refractivity (Wildman–Crippen MR) is 81.9 cm³/mol. The van der Waals surface area contributed by atoms with Crippen molar-refractivity contribution in [3.63, 3.8) is 0 Å². The Bertz CT molecular complexity index is 355. The number of hydrogen-bond acceptors (Lipinski definition) is 4. The number of hydrogen-bond donors (Lipinski definition) is 4. The molecule has 0 radical (unpaired) electrons. The fourth-order valence-corrected chi connectivity index (χ4v) is 2.90. The van der Waals surface area contributed by atoms with Crippen LogP contribution in [0.1, 0.15) is 40.0 Å². The fraction of sp³-hybridized carbons (Fsp3) is 0.733. The van der Waals surface area contributed by atoms with Crippen LogP contribution in [-0.4, -0.2) is 12.2 Å². The van der Waals surface area contributed by atoms with Crippen molar-refractivity contribution in [1.29, 1.82) is 0 Å². The van der Waals surface area contributed by atoms with Gasteiger partial charge in [0, 0.05) is 11.6 Å². The zero-order chi connectivity index (χ0) is 14.7. The average Bonchev–Trinajstić information content (AvgIpc) is 2.47. The summed E-state index contributed by atoms with van der Waals surface area (Å²) in [4.78, 5) is 0. The molecule has 4 heteroatoms. The highest BCUT2D eigenvalue weighted by molar-refractivity contribution is 5.19. The van der Waals surface area contributed by atoms with Crippen LogP contribution in [0.5, 0.6) is 0 Å². The van der Waals surface area contributed by atoms with Crippen LogP contribution in [0.3, 0.4) is 0 Å². The predicted octanol–water partition coefficient (Wildman–Crippen LogP) is 1.42. The molecule has 19 heavy (non-hydrogen) atoms. The van der Waals surface area contributed by atoms with Gasteiger partial charge in [0.1, 0.15) is 5.66 Å². The largest absolute Gasteiger partial charge is 0.400 e. The van der Waals surface area contributed by atoms with Gasteiger partial charge in [-0.1, -0.05) is 39.0 Å². The van der Waals surface area contributed by atoms with E-state index in [9.17, 15) is 0 Å². The van der Waals surface area contributed by atoms with Gasteiger partial charge in [-0.05, 0) is 37.1 Å². The quantitative estimate of drug-likeness (QED) is 0.456.